The lowest BCUT2D eigenvalue weighted by atomic mass is 10.1. The van der Waals surface area contributed by atoms with Crippen molar-refractivity contribution >= 4 is 34.3 Å². The Labute approximate surface area is 178 Å². The van der Waals surface area contributed by atoms with Gasteiger partial charge in [0.15, 0.2) is 6.61 Å². The second-order valence-electron chi connectivity index (χ2n) is 6.94. The number of nitrogens with zero attached hydrogens (tertiary/aromatic N) is 3. The maximum absolute atomic E-state index is 6.36. The van der Waals surface area contributed by atoms with Crippen LogP contribution in [0.25, 0.3) is 10.9 Å². The molecule has 0 aliphatic rings. The number of aromatic nitrogens is 3. The van der Waals surface area contributed by atoms with Crippen molar-refractivity contribution in [2.24, 2.45) is 0 Å². The van der Waals surface area contributed by atoms with Gasteiger partial charge >= 0.3 is 0 Å². The molecule has 0 unspecified atom stereocenters. The smallest absolute Gasteiger partial charge is 0.277 e. The lowest BCUT2D eigenvalue weighted by Crippen LogP contribution is -1.97. The van der Waals surface area contributed by atoms with Crippen LogP contribution in [-0.4, -0.2) is 15.2 Å². The van der Waals surface area contributed by atoms with Gasteiger partial charge in [-0.05, 0) is 55.7 Å². The summed E-state index contributed by atoms with van der Waals surface area (Å²) in [6, 6.07) is 14.3. The fourth-order valence-corrected chi connectivity index (χ4v) is 3.94. The second kappa shape index (κ2) is 8.43. The summed E-state index contributed by atoms with van der Waals surface area (Å²) in [7, 11) is 0. The van der Waals surface area contributed by atoms with Crippen LogP contribution < -0.4 is 4.74 Å². The van der Waals surface area contributed by atoms with Gasteiger partial charge < -0.3 is 9.15 Å². The summed E-state index contributed by atoms with van der Waals surface area (Å²) >= 11 is 7.79. The highest BCUT2D eigenvalue weighted by atomic mass is 35.5. The van der Waals surface area contributed by atoms with E-state index >= 15 is 0 Å². The van der Waals surface area contributed by atoms with Crippen LogP contribution in [0, 0.1) is 20.8 Å². The molecule has 0 fully saturated rings. The highest BCUT2D eigenvalue weighted by molar-refractivity contribution is 7.98. The van der Waals surface area contributed by atoms with Gasteiger partial charge in [0.25, 0.3) is 11.1 Å². The highest BCUT2D eigenvalue weighted by Gasteiger charge is 2.11. The normalized spacial score (nSPS) is 11.2. The van der Waals surface area contributed by atoms with Crippen molar-refractivity contribution in [1.29, 1.82) is 0 Å². The van der Waals surface area contributed by atoms with Gasteiger partial charge in [-0.1, -0.05) is 47.6 Å². The SMILES string of the molecule is Cc1ccc(C)c(OCc2nnc(SCc3cc4ccc(C)cc4nc3Cl)o2)c1. The van der Waals surface area contributed by atoms with Crippen LogP contribution >= 0.6 is 23.4 Å². The molecule has 2 heterocycles. The number of halogens is 1. The van der Waals surface area contributed by atoms with Gasteiger partial charge in [-0.15, -0.1) is 10.2 Å². The maximum Gasteiger partial charge on any atom is 0.277 e. The van der Waals surface area contributed by atoms with Gasteiger partial charge in [0.05, 0.1) is 5.52 Å². The van der Waals surface area contributed by atoms with Gasteiger partial charge in [0, 0.05) is 16.7 Å². The van der Waals surface area contributed by atoms with Crippen LogP contribution in [0.4, 0.5) is 0 Å². The predicted molar refractivity (Wildman–Crippen MR) is 116 cm³/mol. The second-order valence-corrected chi connectivity index (χ2v) is 8.23. The van der Waals surface area contributed by atoms with Gasteiger partial charge in [-0.25, -0.2) is 4.98 Å². The molecule has 0 spiro atoms. The van der Waals surface area contributed by atoms with Crippen LogP contribution in [0.2, 0.25) is 5.15 Å². The lowest BCUT2D eigenvalue weighted by Gasteiger charge is -2.07. The molecular weight excluding hydrogens is 406 g/mol. The molecular formula is C22H20ClN3O2S. The Morgan fingerprint density at radius 2 is 1.79 bits per heavy atom. The summed E-state index contributed by atoms with van der Waals surface area (Å²) in [6.07, 6.45) is 0. The van der Waals surface area contributed by atoms with E-state index in [1.807, 2.05) is 39.0 Å². The van der Waals surface area contributed by atoms with Gasteiger partial charge in [-0.2, -0.15) is 0 Å². The Morgan fingerprint density at radius 3 is 2.66 bits per heavy atom. The predicted octanol–water partition coefficient (Wildman–Crippen LogP) is 6.07. The minimum absolute atomic E-state index is 0.232. The summed E-state index contributed by atoms with van der Waals surface area (Å²) in [6.45, 7) is 6.31. The van der Waals surface area contributed by atoms with Crippen molar-refractivity contribution in [3.8, 4) is 5.75 Å². The Bertz CT molecular complexity index is 1180. The largest absolute Gasteiger partial charge is 0.484 e. The zero-order chi connectivity index (χ0) is 20.4. The molecule has 4 rings (SSSR count). The van der Waals surface area contributed by atoms with Crippen molar-refractivity contribution in [2.45, 2.75) is 38.4 Å². The van der Waals surface area contributed by atoms with E-state index in [1.54, 1.807) is 0 Å². The number of pyridine rings is 1. The number of hydrogen-bond donors (Lipinski definition) is 0. The third-order valence-corrected chi connectivity index (χ3v) is 5.69. The fraction of sp³-hybridized carbons (Fsp3) is 0.227. The third kappa shape index (κ3) is 4.71. The molecule has 2 aromatic carbocycles. The van der Waals surface area contributed by atoms with Gasteiger partial charge in [-0.3, -0.25) is 0 Å². The highest BCUT2D eigenvalue weighted by Crippen LogP contribution is 2.28. The first-order chi connectivity index (χ1) is 14.0. The van der Waals surface area contributed by atoms with E-state index < -0.39 is 0 Å². The van der Waals surface area contributed by atoms with Crippen LogP contribution in [0.15, 0.2) is 52.1 Å². The molecule has 0 aliphatic heterocycles. The van der Waals surface area contributed by atoms with Gasteiger partial charge in [0.1, 0.15) is 10.9 Å². The van der Waals surface area contributed by atoms with E-state index in [-0.39, 0.29) is 6.61 Å². The first kappa shape index (κ1) is 19.7. The van der Waals surface area contributed by atoms with Crippen LogP contribution in [0.3, 0.4) is 0 Å². The first-order valence-corrected chi connectivity index (χ1v) is 10.6. The number of hydrogen-bond acceptors (Lipinski definition) is 6. The number of thioether (sulfide) groups is 1. The number of fused-ring (bicyclic) bond motifs is 1. The Balaban J connectivity index is 1.40. The Kier molecular flexibility index (Phi) is 5.74. The van der Waals surface area contributed by atoms with Crippen LogP contribution in [0.1, 0.15) is 28.1 Å². The molecule has 148 valence electrons. The third-order valence-electron chi connectivity index (χ3n) is 4.49. The molecule has 0 bridgehead atoms. The summed E-state index contributed by atoms with van der Waals surface area (Å²) in [5.41, 5.74) is 5.19. The van der Waals surface area contributed by atoms with E-state index in [1.165, 1.54) is 11.8 Å². The number of benzene rings is 2. The molecule has 4 aromatic rings. The number of ether oxygens (including phenoxy) is 1. The van der Waals surface area contributed by atoms with Crippen molar-refractivity contribution in [3.63, 3.8) is 0 Å². The molecule has 0 amide bonds. The quantitative estimate of drug-likeness (QED) is 0.276. The molecule has 0 radical (unpaired) electrons. The number of rotatable bonds is 6. The van der Waals surface area contributed by atoms with E-state index in [2.05, 4.69) is 39.4 Å². The molecule has 0 atom stereocenters. The molecule has 0 N–H and O–H groups in total. The minimum Gasteiger partial charge on any atom is -0.484 e. The first-order valence-electron chi connectivity index (χ1n) is 9.19. The van der Waals surface area contributed by atoms with Crippen LogP contribution in [-0.2, 0) is 12.4 Å². The lowest BCUT2D eigenvalue weighted by molar-refractivity contribution is 0.250. The molecule has 7 heteroatoms. The Hall–Kier alpha value is -2.57. The van der Waals surface area contributed by atoms with E-state index in [0.29, 0.717) is 22.0 Å². The van der Waals surface area contributed by atoms with Crippen molar-refractivity contribution in [3.05, 3.63) is 75.8 Å². The van der Waals surface area contributed by atoms with Crippen molar-refractivity contribution < 1.29 is 9.15 Å². The fourth-order valence-electron chi connectivity index (χ4n) is 2.90. The minimum atomic E-state index is 0.232. The maximum atomic E-state index is 6.36. The topological polar surface area (TPSA) is 61.0 Å². The standard InChI is InChI=1S/C22H20ClN3O2S/c1-13-5-7-16-10-17(21(23)24-18(16)8-13)12-29-22-26-25-20(28-22)11-27-19-9-14(2)4-6-15(19)3/h4-10H,11-12H2,1-3H3. The molecule has 0 aliphatic carbocycles. The van der Waals surface area contributed by atoms with Crippen molar-refractivity contribution in [1.82, 2.24) is 15.2 Å². The summed E-state index contributed by atoms with van der Waals surface area (Å²) in [4.78, 5) is 4.50. The summed E-state index contributed by atoms with van der Waals surface area (Å²) < 4.78 is 11.5. The van der Waals surface area contributed by atoms with Crippen LogP contribution in [0.5, 0.6) is 5.75 Å². The summed E-state index contributed by atoms with van der Waals surface area (Å²) in [5.74, 6) is 1.85. The number of aryl methyl sites for hydroxylation is 3. The Morgan fingerprint density at radius 1 is 1.00 bits per heavy atom. The average molecular weight is 426 g/mol. The molecule has 5 nitrogen and oxygen atoms in total. The molecule has 0 saturated heterocycles. The van der Waals surface area contributed by atoms with E-state index in [9.17, 15) is 0 Å². The van der Waals surface area contributed by atoms with Crippen molar-refractivity contribution in [2.75, 3.05) is 0 Å². The zero-order valence-electron chi connectivity index (χ0n) is 16.4. The monoisotopic (exact) mass is 425 g/mol. The molecule has 2 aromatic heterocycles. The van der Waals surface area contributed by atoms with Gasteiger partial charge in [0.2, 0.25) is 0 Å². The molecule has 0 saturated carbocycles. The van der Waals surface area contributed by atoms with E-state index in [0.717, 1.165) is 38.9 Å². The van der Waals surface area contributed by atoms with E-state index in [4.69, 9.17) is 20.8 Å². The average Bonchev–Trinajstić information content (AvgIpc) is 3.15. The zero-order valence-corrected chi connectivity index (χ0v) is 18.0. The summed E-state index contributed by atoms with van der Waals surface area (Å²) in [5, 5.41) is 10.2. The molecule has 29 heavy (non-hydrogen) atoms.